The van der Waals surface area contributed by atoms with Crippen molar-refractivity contribution < 1.29 is 13.9 Å². The zero-order chi connectivity index (χ0) is 16.8. The Morgan fingerprint density at radius 2 is 1.79 bits per heavy atom. The summed E-state index contributed by atoms with van der Waals surface area (Å²) in [5.74, 6) is 0.738. The summed E-state index contributed by atoms with van der Waals surface area (Å²) in [7, 11) is 0. The molecule has 2 aromatic carbocycles. The number of para-hydroxylation sites is 1. The van der Waals surface area contributed by atoms with Gasteiger partial charge in [0.15, 0.2) is 5.76 Å². The highest BCUT2D eigenvalue weighted by molar-refractivity contribution is 6.03. The monoisotopic (exact) mass is 321 g/mol. The molecule has 0 saturated heterocycles. The van der Waals surface area contributed by atoms with E-state index in [1.165, 1.54) is 11.8 Å². The van der Waals surface area contributed by atoms with Crippen molar-refractivity contribution in [2.24, 2.45) is 0 Å². The Bertz CT molecular complexity index is 791. The van der Waals surface area contributed by atoms with E-state index in [9.17, 15) is 4.79 Å². The van der Waals surface area contributed by atoms with Crippen molar-refractivity contribution in [2.45, 2.75) is 20.0 Å². The molecule has 0 bridgehead atoms. The average Bonchev–Trinajstić information content (AvgIpc) is 3.10. The Morgan fingerprint density at radius 1 is 1.04 bits per heavy atom. The van der Waals surface area contributed by atoms with Crippen molar-refractivity contribution >= 4 is 11.6 Å². The maximum atomic E-state index is 12.4. The third-order valence-electron chi connectivity index (χ3n) is 3.71. The first kappa shape index (κ1) is 15.9. The van der Waals surface area contributed by atoms with E-state index in [0.29, 0.717) is 5.56 Å². The van der Waals surface area contributed by atoms with Crippen molar-refractivity contribution in [3.8, 4) is 5.75 Å². The number of carbonyl (C=O) groups excluding carboxylic acids is 1. The Morgan fingerprint density at radius 3 is 2.50 bits per heavy atom. The third-order valence-corrected chi connectivity index (χ3v) is 3.71. The van der Waals surface area contributed by atoms with E-state index < -0.39 is 0 Å². The lowest BCUT2D eigenvalue weighted by atomic mass is 10.1. The number of benzene rings is 2. The molecule has 3 rings (SSSR count). The zero-order valence-electron chi connectivity index (χ0n) is 13.5. The van der Waals surface area contributed by atoms with Crippen LogP contribution in [0.4, 0.5) is 5.69 Å². The van der Waals surface area contributed by atoms with Crippen molar-refractivity contribution in [2.75, 3.05) is 5.32 Å². The van der Waals surface area contributed by atoms with E-state index in [1.807, 2.05) is 54.6 Å². The van der Waals surface area contributed by atoms with E-state index in [-0.39, 0.29) is 18.3 Å². The summed E-state index contributed by atoms with van der Waals surface area (Å²) >= 11 is 0. The summed E-state index contributed by atoms with van der Waals surface area (Å²) in [5.41, 5.74) is 2.67. The molecular formula is C20H19NO3. The molecule has 0 fully saturated rings. The van der Waals surface area contributed by atoms with Crippen LogP contribution in [0.25, 0.3) is 0 Å². The minimum Gasteiger partial charge on any atom is -0.489 e. The lowest BCUT2D eigenvalue weighted by Gasteiger charge is -2.07. The highest BCUT2D eigenvalue weighted by Gasteiger charge is 2.16. The molecule has 0 spiro atoms. The van der Waals surface area contributed by atoms with E-state index in [2.05, 4.69) is 12.2 Å². The van der Waals surface area contributed by atoms with Crippen molar-refractivity contribution in [3.05, 3.63) is 83.8 Å². The molecule has 3 aromatic rings. The minimum atomic E-state index is -0.282. The van der Waals surface area contributed by atoms with E-state index in [0.717, 1.165) is 17.9 Å². The summed E-state index contributed by atoms with van der Waals surface area (Å²) in [4.78, 5) is 12.4. The quantitative estimate of drug-likeness (QED) is 0.717. The molecule has 24 heavy (non-hydrogen) atoms. The molecule has 0 aliphatic carbocycles. The highest BCUT2D eigenvalue weighted by atomic mass is 16.5. The van der Waals surface area contributed by atoms with Gasteiger partial charge in [-0.05, 0) is 42.3 Å². The lowest BCUT2D eigenvalue weighted by molar-refractivity contribution is 0.0993. The molecule has 1 aromatic heterocycles. The van der Waals surface area contributed by atoms with Gasteiger partial charge in [-0.25, -0.2) is 0 Å². The molecule has 0 aliphatic heterocycles. The van der Waals surface area contributed by atoms with Crippen LogP contribution in [0.5, 0.6) is 5.75 Å². The van der Waals surface area contributed by atoms with Gasteiger partial charge in [-0.2, -0.15) is 0 Å². The van der Waals surface area contributed by atoms with Gasteiger partial charge in [-0.3, -0.25) is 4.79 Å². The number of furan rings is 1. The van der Waals surface area contributed by atoms with Crippen LogP contribution >= 0.6 is 0 Å². The van der Waals surface area contributed by atoms with Crippen LogP contribution in [0.2, 0.25) is 0 Å². The number of ether oxygens (including phenoxy) is 1. The molecule has 0 unspecified atom stereocenters. The predicted molar refractivity (Wildman–Crippen MR) is 93.3 cm³/mol. The molecular weight excluding hydrogens is 302 g/mol. The van der Waals surface area contributed by atoms with Gasteiger partial charge >= 0.3 is 0 Å². The largest absolute Gasteiger partial charge is 0.489 e. The number of nitrogens with one attached hydrogen (secondary N) is 1. The molecule has 122 valence electrons. The Labute approximate surface area is 141 Å². The van der Waals surface area contributed by atoms with Crippen LogP contribution in [0.1, 0.15) is 28.6 Å². The summed E-state index contributed by atoms with van der Waals surface area (Å²) in [6.07, 6.45) is 2.46. The van der Waals surface area contributed by atoms with Crippen LogP contribution in [-0.4, -0.2) is 5.91 Å². The standard InChI is InChI=1S/C20H19NO3/c1-2-15-8-10-17(11-9-15)21-20(22)19-16(12-13-23-19)14-24-18-6-4-3-5-7-18/h3-13H,2,14H2,1H3,(H,21,22). The van der Waals surface area contributed by atoms with Crippen molar-refractivity contribution in [1.82, 2.24) is 0 Å². The fourth-order valence-corrected chi connectivity index (χ4v) is 2.34. The number of anilines is 1. The molecule has 0 atom stereocenters. The summed E-state index contributed by atoms with van der Waals surface area (Å²) < 4.78 is 11.0. The second-order valence-corrected chi connectivity index (χ2v) is 5.38. The average molecular weight is 321 g/mol. The molecule has 1 N–H and O–H groups in total. The smallest absolute Gasteiger partial charge is 0.291 e. The first-order valence-electron chi connectivity index (χ1n) is 7.91. The van der Waals surface area contributed by atoms with E-state index >= 15 is 0 Å². The molecule has 1 heterocycles. The van der Waals surface area contributed by atoms with Gasteiger partial charge < -0.3 is 14.5 Å². The maximum absolute atomic E-state index is 12.4. The highest BCUT2D eigenvalue weighted by Crippen LogP contribution is 2.18. The predicted octanol–water partition coefficient (Wildman–Crippen LogP) is 4.67. The molecule has 4 heteroatoms. The molecule has 0 aliphatic rings. The fraction of sp³-hybridized carbons (Fsp3) is 0.150. The summed E-state index contributed by atoms with van der Waals surface area (Å²) in [6.45, 7) is 2.37. The number of carbonyl (C=O) groups is 1. The normalized spacial score (nSPS) is 10.4. The summed E-state index contributed by atoms with van der Waals surface area (Å²) in [5, 5.41) is 2.85. The minimum absolute atomic E-state index is 0.269. The van der Waals surface area contributed by atoms with Crippen LogP contribution < -0.4 is 10.1 Å². The topological polar surface area (TPSA) is 51.5 Å². The van der Waals surface area contributed by atoms with Gasteiger partial charge in [0.2, 0.25) is 0 Å². The van der Waals surface area contributed by atoms with Gasteiger partial charge in [0, 0.05) is 11.3 Å². The number of hydrogen-bond donors (Lipinski definition) is 1. The Balaban J connectivity index is 1.66. The van der Waals surface area contributed by atoms with Gasteiger partial charge in [-0.1, -0.05) is 37.3 Å². The van der Waals surface area contributed by atoms with Crippen molar-refractivity contribution in [1.29, 1.82) is 0 Å². The molecule has 0 saturated carbocycles. The molecule has 4 nitrogen and oxygen atoms in total. The van der Waals surface area contributed by atoms with E-state index in [1.54, 1.807) is 6.07 Å². The number of aryl methyl sites for hydroxylation is 1. The van der Waals surface area contributed by atoms with Gasteiger partial charge in [0.1, 0.15) is 12.4 Å². The summed E-state index contributed by atoms with van der Waals surface area (Å²) in [6, 6.07) is 19.0. The second-order valence-electron chi connectivity index (χ2n) is 5.38. The zero-order valence-corrected chi connectivity index (χ0v) is 13.5. The van der Waals surface area contributed by atoms with Gasteiger partial charge in [-0.15, -0.1) is 0 Å². The Kier molecular flexibility index (Phi) is 4.96. The third kappa shape index (κ3) is 3.84. The van der Waals surface area contributed by atoms with Gasteiger partial charge in [0.25, 0.3) is 5.91 Å². The van der Waals surface area contributed by atoms with Crippen LogP contribution in [0, 0.1) is 0 Å². The fourth-order valence-electron chi connectivity index (χ4n) is 2.34. The lowest BCUT2D eigenvalue weighted by Crippen LogP contribution is -2.13. The molecule has 0 radical (unpaired) electrons. The van der Waals surface area contributed by atoms with Crippen LogP contribution in [-0.2, 0) is 13.0 Å². The maximum Gasteiger partial charge on any atom is 0.291 e. The number of hydrogen-bond acceptors (Lipinski definition) is 3. The first-order chi connectivity index (χ1) is 11.8. The SMILES string of the molecule is CCc1ccc(NC(=O)c2occc2COc2ccccc2)cc1. The molecule has 1 amide bonds. The van der Waals surface area contributed by atoms with Gasteiger partial charge in [0.05, 0.1) is 6.26 Å². The number of amides is 1. The van der Waals surface area contributed by atoms with Crippen molar-refractivity contribution in [3.63, 3.8) is 0 Å². The Hall–Kier alpha value is -3.01. The number of rotatable bonds is 6. The van der Waals surface area contributed by atoms with Crippen LogP contribution in [0.3, 0.4) is 0 Å². The van der Waals surface area contributed by atoms with Crippen LogP contribution in [0.15, 0.2) is 71.3 Å². The first-order valence-corrected chi connectivity index (χ1v) is 7.91. The van der Waals surface area contributed by atoms with E-state index in [4.69, 9.17) is 9.15 Å². The second kappa shape index (κ2) is 7.51.